The molecule has 0 radical (unpaired) electrons. The fourth-order valence-corrected chi connectivity index (χ4v) is 3.04. The zero-order valence-electron chi connectivity index (χ0n) is 12.3. The fourth-order valence-electron chi connectivity index (χ4n) is 1.80. The number of nitrogens with one attached hydrogen (secondary N) is 1. The Kier molecular flexibility index (Phi) is 5.98. The van der Waals surface area contributed by atoms with E-state index in [1.54, 1.807) is 19.2 Å². The molecule has 1 aromatic rings. The van der Waals surface area contributed by atoms with Crippen LogP contribution in [-0.4, -0.2) is 28.6 Å². The van der Waals surface area contributed by atoms with Crippen LogP contribution in [0.3, 0.4) is 0 Å². The Morgan fingerprint density at radius 2 is 1.85 bits per heavy atom. The summed E-state index contributed by atoms with van der Waals surface area (Å²) in [5, 5.41) is 0. The molecule has 6 heteroatoms. The predicted octanol–water partition coefficient (Wildman–Crippen LogP) is 1.74. The maximum absolute atomic E-state index is 12.2. The van der Waals surface area contributed by atoms with Gasteiger partial charge in [-0.3, -0.25) is 0 Å². The summed E-state index contributed by atoms with van der Waals surface area (Å²) in [5.41, 5.74) is 5.37. The highest BCUT2D eigenvalue weighted by atomic mass is 32.2. The van der Waals surface area contributed by atoms with Crippen LogP contribution in [-0.2, 0) is 10.0 Å². The third kappa shape index (κ3) is 5.11. The molecule has 0 aliphatic heterocycles. The average molecular weight is 300 g/mol. The Hall–Kier alpha value is -1.11. The normalized spacial score (nSPS) is 12.4. The van der Waals surface area contributed by atoms with Crippen molar-refractivity contribution in [3.05, 3.63) is 24.3 Å². The molecule has 1 aromatic carbocycles. The Morgan fingerprint density at radius 1 is 1.25 bits per heavy atom. The second-order valence-electron chi connectivity index (χ2n) is 5.56. The van der Waals surface area contributed by atoms with Crippen LogP contribution in [0.25, 0.3) is 0 Å². The summed E-state index contributed by atoms with van der Waals surface area (Å²) in [6.07, 6.45) is 1.77. The van der Waals surface area contributed by atoms with Crippen molar-refractivity contribution >= 4 is 10.0 Å². The quantitative estimate of drug-likeness (QED) is 0.766. The average Bonchev–Trinajstić information content (AvgIpc) is 2.43. The van der Waals surface area contributed by atoms with E-state index in [0.717, 1.165) is 12.8 Å². The molecule has 1 rings (SSSR count). The second kappa shape index (κ2) is 7.06. The molecule has 0 unspecified atom stereocenters. The SMILES string of the molecule is COc1ccc(S(=O)(=O)NCC(C)(C)CCCN)cc1. The molecule has 0 fully saturated rings. The lowest BCUT2D eigenvalue weighted by atomic mass is 9.88. The zero-order valence-corrected chi connectivity index (χ0v) is 13.2. The summed E-state index contributed by atoms with van der Waals surface area (Å²) in [6, 6.07) is 6.34. The molecule has 114 valence electrons. The highest BCUT2D eigenvalue weighted by molar-refractivity contribution is 7.89. The van der Waals surface area contributed by atoms with Crippen LogP contribution < -0.4 is 15.2 Å². The maximum Gasteiger partial charge on any atom is 0.240 e. The lowest BCUT2D eigenvalue weighted by molar-refractivity contribution is 0.327. The minimum Gasteiger partial charge on any atom is -0.497 e. The highest BCUT2D eigenvalue weighted by Crippen LogP contribution is 2.22. The molecule has 0 aliphatic carbocycles. The first-order valence-electron chi connectivity index (χ1n) is 6.64. The smallest absolute Gasteiger partial charge is 0.240 e. The third-order valence-electron chi connectivity index (χ3n) is 3.17. The summed E-state index contributed by atoms with van der Waals surface area (Å²) < 4.78 is 32.0. The van der Waals surface area contributed by atoms with Gasteiger partial charge in [0.05, 0.1) is 12.0 Å². The van der Waals surface area contributed by atoms with Gasteiger partial charge in [0.25, 0.3) is 0 Å². The van der Waals surface area contributed by atoms with E-state index < -0.39 is 10.0 Å². The monoisotopic (exact) mass is 300 g/mol. The van der Waals surface area contributed by atoms with E-state index in [4.69, 9.17) is 10.5 Å². The van der Waals surface area contributed by atoms with Crippen LogP contribution in [0.2, 0.25) is 0 Å². The van der Waals surface area contributed by atoms with Crippen molar-refractivity contribution < 1.29 is 13.2 Å². The van der Waals surface area contributed by atoms with Gasteiger partial charge in [0.1, 0.15) is 5.75 Å². The largest absolute Gasteiger partial charge is 0.497 e. The zero-order chi connectivity index (χ0) is 15.2. The fraction of sp³-hybridized carbons (Fsp3) is 0.571. The highest BCUT2D eigenvalue weighted by Gasteiger charge is 2.21. The Bertz CT molecular complexity index is 510. The Labute approximate surface area is 121 Å². The summed E-state index contributed by atoms with van der Waals surface area (Å²) in [4.78, 5) is 0.243. The van der Waals surface area contributed by atoms with Crippen LogP contribution >= 0.6 is 0 Å². The van der Waals surface area contributed by atoms with Gasteiger partial charge in [0.2, 0.25) is 10.0 Å². The molecule has 5 nitrogen and oxygen atoms in total. The molecule has 0 aliphatic rings. The molecule has 0 saturated carbocycles. The minimum absolute atomic E-state index is 0.112. The van der Waals surface area contributed by atoms with Crippen LogP contribution in [0.4, 0.5) is 0 Å². The van der Waals surface area contributed by atoms with E-state index in [1.807, 2.05) is 13.8 Å². The second-order valence-corrected chi connectivity index (χ2v) is 7.32. The van der Waals surface area contributed by atoms with Crippen molar-refractivity contribution in [3.8, 4) is 5.75 Å². The number of ether oxygens (including phenoxy) is 1. The first kappa shape index (κ1) is 16.9. The Morgan fingerprint density at radius 3 is 2.35 bits per heavy atom. The van der Waals surface area contributed by atoms with Crippen molar-refractivity contribution in [2.75, 3.05) is 20.2 Å². The Balaban J connectivity index is 2.69. The summed E-state index contributed by atoms with van der Waals surface area (Å²) in [6.45, 7) is 5.06. The van der Waals surface area contributed by atoms with Crippen molar-refractivity contribution in [1.29, 1.82) is 0 Å². The van der Waals surface area contributed by atoms with E-state index in [1.165, 1.54) is 12.1 Å². The van der Waals surface area contributed by atoms with E-state index in [-0.39, 0.29) is 10.3 Å². The van der Waals surface area contributed by atoms with E-state index >= 15 is 0 Å². The molecule has 3 N–H and O–H groups in total. The van der Waals surface area contributed by atoms with Crippen molar-refractivity contribution in [1.82, 2.24) is 4.72 Å². The van der Waals surface area contributed by atoms with Crippen LogP contribution in [0.5, 0.6) is 5.75 Å². The minimum atomic E-state index is -3.48. The number of rotatable bonds is 8. The molecule has 0 atom stereocenters. The van der Waals surface area contributed by atoms with Crippen molar-refractivity contribution in [2.45, 2.75) is 31.6 Å². The molecule has 0 bridgehead atoms. The number of hydrogen-bond acceptors (Lipinski definition) is 4. The van der Waals surface area contributed by atoms with Crippen molar-refractivity contribution in [3.63, 3.8) is 0 Å². The van der Waals surface area contributed by atoms with Gasteiger partial charge in [-0.25, -0.2) is 13.1 Å². The first-order valence-corrected chi connectivity index (χ1v) is 8.13. The van der Waals surface area contributed by atoms with Crippen LogP contribution in [0, 0.1) is 5.41 Å². The van der Waals surface area contributed by atoms with Gasteiger partial charge >= 0.3 is 0 Å². The lowest BCUT2D eigenvalue weighted by Crippen LogP contribution is -2.34. The molecule has 0 aromatic heterocycles. The molecular weight excluding hydrogens is 276 g/mol. The number of sulfonamides is 1. The molecule has 0 spiro atoms. The van der Waals surface area contributed by atoms with Crippen LogP contribution in [0.1, 0.15) is 26.7 Å². The van der Waals surface area contributed by atoms with Gasteiger partial charge in [0.15, 0.2) is 0 Å². The molecular formula is C14H24N2O3S. The topological polar surface area (TPSA) is 81.4 Å². The van der Waals surface area contributed by atoms with E-state index in [0.29, 0.717) is 18.8 Å². The lowest BCUT2D eigenvalue weighted by Gasteiger charge is -2.24. The van der Waals surface area contributed by atoms with Gasteiger partial charge in [0, 0.05) is 6.54 Å². The van der Waals surface area contributed by atoms with Gasteiger partial charge in [-0.15, -0.1) is 0 Å². The number of nitrogens with two attached hydrogens (primary N) is 1. The van der Waals surface area contributed by atoms with Gasteiger partial charge in [-0.1, -0.05) is 13.8 Å². The van der Waals surface area contributed by atoms with Gasteiger partial charge in [-0.2, -0.15) is 0 Å². The summed E-state index contributed by atoms with van der Waals surface area (Å²) in [7, 11) is -1.94. The predicted molar refractivity (Wildman–Crippen MR) is 80.3 cm³/mol. The molecule has 20 heavy (non-hydrogen) atoms. The molecule has 0 saturated heterocycles. The number of methoxy groups -OCH3 is 1. The maximum atomic E-state index is 12.2. The molecule has 0 amide bonds. The van der Waals surface area contributed by atoms with E-state index in [2.05, 4.69) is 4.72 Å². The van der Waals surface area contributed by atoms with E-state index in [9.17, 15) is 8.42 Å². The number of hydrogen-bond donors (Lipinski definition) is 2. The summed E-state index contributed by atoms with van der Waals surface area (Å²) >= 11 is 0. The summed E-state index contributed by atoms with van der Waals surface area (Å²) in [5.74, 6) is 0.632. The number of benzene rings is 1. The van der Waals surface area contributed by atoms with Crippen molar-refractivity contribution in [2.24, 2.45) is 11.1 Å². The van der Waals surface area contributed by atoms with Crippen LogP contribution in [0.15, 0.2) is 29.2 Å². The first-order chi connectivity index (χ1) is 9.30. The third-order valence-corrected chi connectivity index (χ3v) is 4.59. The van der Waals surface area contributed by atoms with Gasteiger partial charge in [-0.05, 0) is 49.1 Å². The standard InChI is InChI=1S/C14H24N2O3S/c1-14(2,9-4-10-15)11-16-20(17,18)13-7-5-12(19-3)6-8-13/h5-8,16H,4,9-11,15H2,1-3H3. The molecule has 0 heterocycles. The van der Waals surface area contributed by atoms with Gasteiger partial charge < -0.3 is 10.5 Å².